The van der Waals surface area contributed by atoms with Crippen molar-refractivity contribution in [2.24, 2.45) is 4.99 Å². The number of nitrogens with zero attached hydrogens (tertiary/aromatic N) is 2. The van der Waals surface area contributed by atoms with Gasteiger partial charge in [0.05, 0.1) is 5.69 Å². The fourth-order valence-electron chi connectivity index (χ4n) is 2.18. The first-order chi connectivity index (χ1) is 10.5. The predicted molar refractivity (Wildman–Crippen MR) is 90.3 cm³/mol. The lowest BCUT2D eigenvalue weighted by molar-refractivity contribution is -0.129. The lowest BCUT2D eigenvalue weighted by atomic mass is 10.2. The molecule has 1 aliphatic rings. The van der Waals surface area contributed by atoms with Gasteiger partial charge >= 0.3 is 0 Å². The fraction of sp³-hybridized carbons (Fsp3) is 0.438. The highest BCUT2D eigenvalue weighted by molar-refractivity contribution is 8.15. The number of carbonyl (C=O) groups excluding carboxylic acids is 2. The molecule has 0 spiro atoms. The average Bonchev–Trinajstić information content (AvgIpc) is 2.77. The molecule has 1 atom stereocenters. The molecule has 1 aromatic rings. The highest BCUT2D eigenvalue weighted by Gasteiger charge is 2.38. The quantitative estimate of drug-likeness (QED) is 0.907. The van der Waals surface area contributed by atoms with Crippen molar-refractivity contribution in [3.05, 3.63) is 29.8 Å². The lowest BCUT2D eigenvalue weighted by Crippen LogP contribution is -2.34. The molecule has 0 bridgehead atoms. The van der Waals surface area contributed by atoms with E-state index in [0.29, 0.717) is 18.3 Å². The Kier molecular flexibility index (Phi) is 5.60. The number of thioether (sulfide) groups is 1. The SMILES string of the molecule is CCNC(=O)CC1SC(=Nc2ccc(C)cc2)N(CC)C1=O. The molecule has 0 aromatic heterocycles. The van der Waals surface area contributed by atoms with Crippen LogP contribution in [0.15, 0.2) is 29.3 Å². The van der Waals surface area contributed by atoms with Gasteiger partial charge in [-0.05, 0) is 32.9 Å². The number of aliphatic imine (C=N–C) groups is 1. The Hall–Kier alpha value is -1.82. The molecular formula is C16H21N3O2S. The third-order valence-corrected chi connectivity index (χ3v) is 4.52. The summed E-state index contributed by atoms with van der Waals surface area (Å²) in [6.07, 6.45) is 0.195. The Morgan fingerprint density at radius 2 is 2.00 bits per heavy atom. The highest BCUT2D eigenvalue weighted by Crippen LogP contribution is 2.31. The first kappa shape index (κ1) is 16.5. The van der Waals surface area contributed by atoms with Crippen molar-refractivity contribution in [1.29, 1.82) is 0 Å². The van der Waals surface area contributed by atoms with Crippen molar-refractivity contribution >= 4 is 34.4 Å². The van der Waals surface area contributed by atoms with E-state index in [9.17, 15) is 9.59 Å². The van der Waals surface area contributed by atoms with Crippen molar-refractivity contribution in [3.8, 4) is 0 Å². The number of carbonyl (C=O) groups is 2. The van der Waals surface area contributed by atoms with E-state index in [0.717, 1.165) is 5.69 Å². The summed E-state index contributed by atoms with van der Waals surface area (Å²) in [6.45, 7) is 6.93. The molecule has 0 saturated carbocycles. The maximum Gasteiger partial charge on any atom is 0.242 e. The van der Waals surface area contributed by atoms with Gasteiger partial charge in [-0.2, -0.15) is 0 Å². The minimum absolute atomic E-state index is 0.0374. The smallest absolute Gasteiger partial charge is 0.242 e. The average molecular weight is 319 g/mol. The Balaban J connectivity index is 2.16. The maximum absolute atomic E-state index is 12.4. The minimum atomic E-state index is -0.379. The molecule has 5 nitrogen and oxygen atoms in total. The fourth-order valence-corrected chi connectivity index (χ4v) is 3.41. The molecule has 2 rings (SSSR count). The second-order valence-electron chi connectivity index (χ2n) is 5.08. The van der Waals surface area contributed by atoms with Gasteiger partial charge < -0.3 is 5.32 Å². The summed E-state index contributed by atoms with van der Waals surface area (Å²) in [5.74, 6) is -0.134. The molecule has 1 saturated heterocycles. The zero-order chi connectivity index (χ0) is 16.1. The number of nitrogens with one attached hydrogen (secondary N) is 1. The molecule has 0 radical (unpaired) electrons. The van der Waals surface area contributed by atoms with E-state index in [1.165, 1.54) is 17.3 Å². The zero-order valence-corrected chi connectivity index (χ0v) is 13.9. The van der Waals surface area contributed by atoms with Gasteiger partial charge in [-0.25, -0.2) is 4.99 Å². The summed E-state index contributed by atoms with van der Waals surface area (Å²) < 4.78 is 0. The van der Waals surface area contributed by atoms with Crippen molar-refractivity contribution in [2.75, 3.05) is 13.1 Å². The molecule has 22 heavy (non-hydrogen) atoms. The van der Waals surface area contributed by atoms with Crippen LogP contribution in [0.3, 0.4) is 0 Å². The number of hydrogen-bond acceptors (Lipinski definition) is 4. The third-order valence-electron chi connectivity index (χ3n) is 3.34. The monoisotopic (exact) mass is 319 g/mol. The van der Waals surface area contributed by atoms with E-state index in [1.54, 1.807) is 4.90 Å². The Morgan fingerprint density at radius 1 is 1.32 bits per heavy atom. The van der Waals surface area contributed by atoms with Gasteiger partial charge in [-0.15, -0.1) is 0 Å². The van der Waals surface area contributed by atoms with Crippen molar-refractivity contribution in [1.82, 2.24) is 10.2 Å². The Morgan fingerprint density at radius 3 is 2.59 bits per heavy atom. The van der Waals surface area contributed by atoms with Crippen molar-refractivity contribution < 1.29 is 9.59 Å². The van der Waals surface area contributed by atoms with Gasteiger partial charge in [0.15, 0.2) is 5.17 Å². The van der Waals surface area contributed by atoms with Crippen molar-refractivity contribution in [3.63, 3.8) is 0 Å². The van der Waals surface area contributed by atoms with Crippen LogP contribution in [0.2, 0.25) is 0 Å². The van der Waals surface area contributed by atoms with E-state index in [1.807, 2.05) is 45.0 Å². The molecule has 1 N–H and O–H groups in total. The first-order valence-corrected chi connectivity index (χ1v) is 8.33. The largest absolute Gasteiger partial charge is 0.356 e. The van der Waals surface area contributed by atoms with Crippen LogP contribution in [0, 0.1) is 6.92 Å². The molecule has 1 aliphatic heterocycles. The summed E-state index contributed by atoms with van der Waals surface area (Å²) >= 11 is 1.37. The molecule has 1 aromatic carbocycles. The molecule has 1 unspecified atom stereocenters. The van der Waals surface area contributed by atoms with E-state index in [4.69, 9.17) is 0 Å². The summed E-state index contributed by atoms with van der Waals surface area (Å²) in [5, 5.41) is 3.03. The molecule has 1 fully saturated rings. The summed E-state index contributed by atoms with van der Waals surface area (Å²) in [4.78, 5) is 30.3. The van der Waals surface area contributed by atoms with E-state index in [2.05, 4.69) is 10.3 Å². The van der Waals surface area contributed by atoms with Gasteiger partial charge in [0.2, 0.25) is 11.8 Å². The van der Waals surface area contributed by atoms with Crippen LogP contribution in [0.5, 0.6) is 0 Å². The Labute approximate surface area is 135 Å². The number of amidine groups is 1. The minimum Gasteiger partial charge on any atom is -0.356 e. The number of aryl methyl sites for hydroxylation is 1. The molecule has 0 aliphatic carbocycles. The number of amides is 2. The second kappa shape index (κ2) is 7.45. The van der Waals surface area contributed by atoms with Crippen LogP contribution < -0.4 is 5.32 Å². The molecule has 1 heterocycles. The highest BCUT2D eigenvalue weighted by atomic mass is 32.2. The molecule has 118 valence electrons. The van der Waals surface area contributed by atoms with Crippen LogP contribution in [0.1, 0.15) is 25.8 Å². The molecule has 2 amide bonds. The lowest BCUT2D eigenvalue weighted by Gasteiger charge is -2.13. The summed E-state index contributed by atoms with van der Waals surface area (Å²) in [7, 11) is 0. The Bertz CT molecular complexity index is 584. The van der Waals surface area contributed by atoms with Gasteiger partial charge in [-0.1, -0.05) is 29.5 Å². The van der Waals surface area contributed by atoms with Crippen LogP contribution >= 0.6 is 11.8 Å². The van der Waals surface area contributed by atoms with E-state index in [-0.39, 0.29) is 23.5 Å². The van der Waals surface area contributed by atoms with Crippen LogP contribution in [-0.2, 0) is 9.59 Å². The zero-order valence-electron chi connectivity index (χ0n) is 13.1. The van der Waals surface area contributed by atoms with Crippen LogP contribution in [-0.4, -0.2) is 40.2 Å². The van der Waals surface area contributed by atoms with Gasteiger partial charge in [0, 0.05) is 19.5 Å². The third kappa shape index (κ3) is 3.88. The summed E-state index contributed by atoms with van der Waals surface area (Å²) in [5.41, 5.74) is 1.98. The van der Waals surface area contributed by atoms with Crippen LogP contribution in [0.4, 0.5) is 5.69 Å². The second-order valence-corrected chi connectivity index (χ2v) is 6.25. The first-order valence-electron chi connectivity index (χ1n) is 7.45. The summed E-state index contributed by atoms with van der Waals surface area (Å²) in [6, 6.07) is 7.84. The topological polar surface area (TPSA) is 61.8 Å². The number of hydrogen-bond donors (Lipinski definition) is 1. The van der Waals surface area contributed by atoms with Gasteiger partial charge in [0.1, 0.15) is 5.25 Å². The van der Waals surface area contributed by atoms with Crippen molar-refractivity contribution in [2.45, 2.75) is 32.4 Å². The number of benzene rings is 1. The molecular weight excluding hydrogens is 298 g/mol. The molecule has 6 heteroatoms. The standard InChI is InChI=1S/C16H21N3O2S/c1-4-17-14(20)10-13-15(21)19(5-2)16(22-13)18-12-8-6-11(3)7-9-12/h6-9,13H,4-5,10H2,1-3H3,(H,17,20). The van der Waals surface area contributed by atoms with Gasteiger partial charge in [0.25, 0.3) is 0 Å². The normalized spacial score (nSPS) is 19.8. The predicted octanol–water partition coefficient (Wildman–Crippen LogP) is 2.47. The van der Waals surface area contributed by atoms with E-state index >= 15 is 0 Å². The maximum atomic E-state index is 12.4. The van der Waals surface area contributed by atoms with Crippen LogP contribution in [0.25, 0.3) is 0 Å². The van der Waals surface area contributed by atoms with Gasteiger partial charge in [-0.3, -0.25) is 14.5 Å². The van der Waals surface area contributed by atoms with E-state index < -0.39 is 0 Å². The number of rotatable bonds is 5.